The molecule has 0 aromatic rings. The maximum absolute atomic E-state index is 14.3. The maximum atomic E-state index is 14.3. The van der Waals surface area contributed by atoms with E-state index in [9.17, 15) is 4.39 Å². The molecule has 2 rings (SSSR count). The Morgan fingerprint density at radius 3 is 2.53 bits per heavy atom. The van der Waals surface area contributed by atoms with Crippen molar-refractivity contribution in [2.75, 3.05) is 19.8 Å². The summed E-state index contributed by atoms with van der Waals surface area (Å²) in [5, 5.41) is 0. The first-order valence-corrected chi connectivity index (χ1v) is 5.68. The summed E-state index contributed by atoms with van der Waals surface area (Å²) in [6.07, 6.45) is 3.67. The monoisotopic (exact) mass is 213 g/mol. The zero-order chi connectivity index (χ0) is 11.1. The number of ether oxygens (including phenoxy) is 1. The summed E-state index contributed by atoms with van der Waals surface area (Å²) in [7, 11) is 0. The van der Waals surface area contributed by atoms with Crippen molar-refractivity contribution in [3.63, 3.8) is 0 Å². The highest BCUT2D eigenvalue weighted by Crippen LogP contribution is 2.45. The third-order valence-corrected chi connectivity index (χ3v) is 3.57. The first kappa shape index (κ1) is 11.1. The van der Waals surface area contributed by atoms with E-state index in [1.165, 1.54) is 6.08 Å². The Labute approximate surface area is 91.1 Å². The first-order valence-electron chi connectivity index (χ1n) is 5.68. The summed E-state index contributed by atoms with van der Waals surface area (Å²) in [4.78, 5) is 2.25. The summed E-state index contributed by atoms with van der Waals surface area (Å²) >= 11 is 0. The molecule has 1 aliphatic carbocycles. The molecule has 1 unspecified atom stereocenters. The summed E-state index contributed by atoms with van der Waals surface area (Å²) in [5.74, 6) is 0. The molecule has 1 saturated carbocycles. The minimum Gasteiger partial charge on any atom is -0.376 e. The molecule has 1 aliphatic heterocycles. The lowest BCUT2D eigenvalue weighted by Crippen LogP contribution is -2.48. The molecule has 0 aromatic carbocycles. The van der Waals surface area contributed by atoms with Gasteiger partial charge in [-0.25, -0.2) is 4.39 Å². The van der Waals surface area contributed by atoms with Crippen LogP contribution in [-0.4, -0.2) is 41.9 Å². The standard InChI is InChI=1S/C12H20FNO/c1-4-11(13)7-14(10(2)3)12(5-6-12)9-15-8-11/h4,10H,1,5-9H2,2-3H3. The van der Waals surface area contributed by atoms with E-state index in [4.69, 9.17) is 4.74 Å². The molecular formula is C12H20FNO. The fourth-order valence-corrected chi connectivity index (χ4v) is 2.42. The van der Waals surface area contributed by atoms with Gasteiger partial charge in [0.25, 0.3) is 0 Å². The van der Waals surface area contributed by atoms with E-state index in [1.807, 2.05) is 0 Å². The lowest BCUT2D eigenvalue weighted by molar-refractivity contribution is 0.0586. The molecule has 0 bridgehead atoms. The van der Waals surface area contributed by atoms with Crippen molar-refractivity contribution in [3.8, 4) is 0 Å². The van der Waals surface area contributed by atoms with E-state index in [-0.39, 0.29) is 12.1 Å². The summed E-state index contributed by atoms with van der Waals surface area (Å²) in [6.45, 7) is 9.07. The second-order valence-corrected chi connectivity index (χ2v) is 5.18. The number of hydrogen-bond donors (Lipinski definition) is 0. The van der Waals surface area contributed by atoms with Crippen molar-refractivity contribution in [1.82, 2.24) is 4.90 Å². The van der Waals surface area contributed by atoms with E-state index < -0.39 is 5.67 Å². The van der Waals surface area contributed by atoms with Crippen LogP contribution in [0.15, 0.2) is 12.7 Å². The van der Waals surface area contributed by atoms with Gasteiger partial charge < -0.3 is 4.74 Å². The third-order valence-electron chi connectivity index (χ3n) is 3.57. The van der Waals surface area contributed by atoms with Crippen LogP contribution < -0.4 is 0 Å². The average Bonchev–Trinajstić information content (AvgIpc) is 2.96. The van der Waals surface area contributed by atoms with Crippen molar-refractivity contribution in [2.45, 2.75) is 43.9 Å². The Hall–Kier alpha value is -0.410. The van der Waals surface area contributed by atoms with Gasteiger partial charge in [0.15, 0.2) is 5.67 Å². The van der Waals surface area contributed by atoms with Crippen molar-refractivity contribution in [2.24, 2.45) is 0 Å². The summed E-state index contributed by atoms with van der Waals surface area (Å²) in [6, 6.07) is 0.365. The molecule has 0 N–H and O–H groups in total. The maximum Gasteiger partial charge on any atom is 0.164 e. The van der Waals surface area contributed by atoms with Gasteiger partial charge in [0, 0.05) is 18.1 Å². The molecule has 2 fully saturated rings. The van der Waals surface area contributed by atoms with Crippen molar-refractivity contribution >= 4 is 0 Å². The Morgan fingerprint density at radius 2 is 2.07 bits per heavy atom. The zero-order valence-corrected chi connectivity index (χ0v) is 9.63. The van der Waals surface area contributed by atoms with Crippen LogP contribution in [0.4, 0.5) is 4.39 Å². The topological polar surface area (TPSA) is 12.5 Å². The molecule has 0 aromatic heterocycles. The molecule has 2 aliphatic rings. The normalized spacial score (nSPS) is 35.5. The lowest BCUT2D eigenvalue weighted by atomic mass is 10.0. The van der Waals surface area contributed by atoms with E-state index in [0.29, 0.717) is 19.2 Å². The van der Waals surface area contributed by atoms with Gasteiger partial charge >= 0.3 is 0 Å². The highest BCUT2D eigenvalue weighted by Gasteiger charge is 2.53. The molecule has 1 spiro atoms. The molecule has 0 radical (unpaired) electrons. The van der Waals surface area contributed by atoms with Gasteiger partial charge in [0.05, 0.1) is 13.2 Å². The van der Waals surface area contributed by atoms with Crippen LogP contribution in [0.3, 0.4) is 0 Å². The summed E-state index contributed by atoms with van der Waals surface area (Å²) < 4.78 is 19.7. The SMILES string of the molecule is C=CC1(F)COCC2(CC2)N(C(C)C)C1. The zero-order valence-electron chi connectivity index (χ0n) is 9.63. The molecule has 15 heavy (non-hydrogen) atoms. The van der Waals surface area contributed by atoms with Crippen molar-refractivity contribution in [3.05, 3.63) is 12.7 Å². The number of alkyl halides is 1. The van der Waals surface area contributed by atoms with Gasteiger partial charge in [-0.3, -0.25) is 4.90 Å². The van der Waals surface area contributed by atoms with E-state index in [0.717, 1.165) is 12.8 Å². The molecule has 86 valence electrons. The van der Waals surface area contributed by atoms with Crippen LogP contribution >= 0.6 is 0 Å². The van der Waals surface area contributed by atoms with Crippen LogP contribution in [-0.2, 0) is 4.74 Å². The minimum absolute atomic E-state index is 0.130. The molecule has 1 saturated heterocycles. The smallest absolute Gasteiger partial charge is 0.164 e. The fraction of sp³-hybridized carbons (Fsp3) is 0.833. The van der Waals surface area contributed by atoms with Gasteiger partial charge in [-0.1, -0.05) is 12.7 Å². The van der Waals surface area contributed by atoms with E-state index >= 15 is 0 Å². The second kappa shape index (κ2) is 3.56. The van der Waals surface area contributed by atoms with Crippen LogP contribution in [0.25, 0.3) is 0 Å². The predicted molar refractivity (Wildman–Crippen MR) is 58.7 cm³/mol. The molecule has 3 heteroatoms. The van der Waals surface area contributed by atoms with Crippen molar-refractivity contribution in [1.29, 1.82) is 0 Å². The quantitative estimate of drug-likeness (QED) is 0.652. The summed E-state index contributed by atoms with van der Waals surface area (Å²) in [5.41, 5.74) is -1.25. The third kappa shape index (κ3) is 1.95. The highest BCUT2D eigenvalue weighted by molar-refractivity contribution is 5.11. The van der Waals surface area contributed by atoms with Gasteiger partial charge in [0.1, 0.15) is 0 Å². The van der Waals surface area contributed by atoms with Gasteiger partial charge in [-0.15, -0.1) is 0 Å². The molecule has 0 amide bonds. The lowest BCUT2D eigenvalue weighted by Gasteiger charge is -2.35. The van der Waals surface area contributed by atoms with Crippen LogP contribution in [0.5, 0.6) is 0 Å². The predicted octanol–water partition coefficient (Wildman–Crippen LogP) is 2.15. The molecule has 1 atom stereocenters. The van der Waals surface area contributed by atoms with Crippen LogP contribution in [0, 0.1) is 0 Å². The van der Waals surface area contributed by atoms with Gasteiger partial charge in [-0.05, 0) is 26.7 Å². The fourth-order valence-electron chi connectivity index (χ4n) is 2.42. The molecular weight excluding hydrogens is 193 g/mol. The number of rotatable bonds is 2. The Morgan fingerprint density at radius 1 is 1.40 bits per heavy atom. The van der Waals surface area contributed by atoms with E-state index in [2.05, 4.69) is 25.3 Å². The minimum atomic E-state index is -1.38. The Kier molecular flexibility index (Phi) is 2.63. The number of halogens is 1. The highest BCUT2D eigenvalue weighted by atomic mass is 19.1. The second-order valence-electron chi connectivity index (χ2n) is 5.18. The average molecular weight is 213 g/mol. The Balaban J connectivity index is 2.19. The van der Waals surface area contributed by atoms with Crippen molar-refractivity contribution < 1.29 is 9.13 Å². The van der Waals surface area contributed by atoms with Crippen LogP contribution in [0.1, 0.15) is 26.7 Å². The molecule has 1 heterocycles. The van der Waals surface area contributed by atoms with Gasteiger partial charge in [0.2, 0.25) is 0 Å². The van der Waals surface area contributed by atoms with Crippen LogP contribution in [0.2, 0.25) is 0 Å². The largest absolute Gasteiger partial charge is 0.376 e. The van der Waals surface area contributed by atoms with Gasteiger partial charge in [-0.2, -0.15) is 0 Å². The first-order chi connectivity index (χ1) is 7.01. The molecule has 2 nitrogen and oxygen atoms in total. The van der Waals surface area contributed by atoms with E-state index in [1.54, 1.807) is 0 Å². The Bertz CT molecular complexity index is 262. The number of hydrogen-bond acceptors (Lipinski definition) is 2. The number of nitrogens with zero attached hydrogens (tertiary/aromatic N) is 1.